The fourth-order valence-electron chi connectivity index (χ4n) is 7.08. The Hall–Kier alpha value is -4.71. The lowest BCUT2D eigenvalue weighted by Crippen LogP contribution is -2.30. The average molecular weight is 980 g/mol. The minimum atomic E-state index is -0.848. The molecule has 0 amide bonds. The van der Waals surface area contributed by atoms with E-state index in [-0.39, 0.29) is 38.0 Å². The highest BCUT2D eigenvalue weighted by Gasteiger charge is 2.19. The predicted molar refractivity (Wildman–Crippen MR) is 306 cm³/mol. The van der Waals surface area contributed by atoms with Crippen molar-refractivity contribution in [3.05, 3.63) is 146 Å². The molecule has 0 aliphatic carbocycles. The minimum Gasteiger partial charge on any atom is -0.462 e. The lowest BCUT2D eigenvalue weighted by molar-refractivity contribution is -0.166. The lowest BCUT2D eigenvalue weighted by atomic mass is 10.1. The zero-order chi connectivity index (χ0) is 51.4. The molecule has 0 radical (unpaired) electrons. The number of rotatable bonds is 49. The third-order valence-corrected chi connectivity index (χ3v) is 11.3. The van der Waals surface area contributed by atoms with Crippen molar-refractivity contribution in [2.45, 2.75) is 232 Å². The van der Waals surface area contributed by atoms with E-state index < -0.39 is 12.1 Å². The number of hydrogen-bond acceptors (Lipinski definition) is 6. The number of allylic oxidation sites excluding steroid dienone is 24. The minimum absolute atomic E-state index is 0.133. The van der Waals surface area contributed by atoms with Gasteiger partial charge in [-0.05, 0) is 128 Å². The van der Waals surface area contributed by atoms with E-state index in [1.165, 1.54) is 77.0 Å². The molecule has 0 aromatic rings. The number of carbonyl (C=O) groups is 3. The molecular weight excluding hydrogens is 877 g/mol. The quantitative estimate of drug-likeness (QED) is 0.0262. The van der Waals surface area contributed by atoms with Crippen LogP contribution in [0.25, 0.3) is 0 Å². The summed E-state index contributed by atoms with van der Waals surface area (Å²) in [5, 5.41) is 0. The molecule has 0 aromatic heterocycles. The van der Waals surface area contributed by atoms with Crippen molar-refractivity contribution in [1.29, 1.82) is 0 Å². The largest absolute Gasteiger partial charge is 0.462 e. The molecule has 0 unspecified atom stereocenters. The maximum Gasteiger partial charge on any atom is 0.306 e. The van der Waals surface area contributed by atoms with Crippen molar-refractivity contribution in [2.24, 2.45) is 0 Å². The number of ether oxygens (including phenoxy) is 3. The molecule has 0 aliphatic heterocycles. The highest BCUT2D eigenvalue weighted by Crippen LogP contribution is 2.12. The summed E-state index contributed by atoms with van der Waals surface area (Å²) in [5.74, 6) is -1.09. The van der Waals surface area contributed by atoms with Crippen molar-refractivity contribution in [1.82, 2.24) is 0 Å². The molecular formula is C65H102O6. The van der Waals surface area contributed by atoms with E-state index in [0.717, 1.165) is 96.3 Å². The highest BCUT2D eigenvalue weighted by molar-refractivity contribution is 5.71. The van der Waals surface area contributed by atoms with Gasteiger partial charge in [-0.25, -0.2) is 0 Å². The highest BCUT2D eigenvalue weighted by atomic mass is 16.6. The van der Waals surface area contributed by atoms with Crippen LogP contribution in [0.5, 0.6) is 0 Å². The van der Waals surface area contributed by atoms with Gasteiger partial charge in [-0.3, -0.25) is 14.4 Å². The number of esters is 3. The first-order valence-electron chi connectivity index (χ1n) is 28.3. The molecule has 398 valence electrons. The van der Waals surface area contributed by atoms with E-state index in [1.807, 2.05) is 12.2 Å². The molecule has 1 atom stereocenters. The topological polar surface area (TPSA) is 78.9 Å². The van der Waals surface area contributed by atoms with Crippen LogP contribution in [0.3, 0.4) is 0 Å². The lowest BCUT2D eigenvalue weighted by Gasteiger charge is -2.18. The van der Waals surface area contributed by atoms with E-state index in [0.29, 0.717) is 19.3 Å². The van der Waals surface area contributed by atoms with Gasteiger partial charge in [-0.15, -0.1) is 0 Å². The van der Waals surface area contributed by atoms with Crippen LogP contribution in [-0.4, -0.2) is 37.2 Å². The van der Waals surface area contributed by atoms with Gasteiger partial charge in [0, 0.05) is 19.3 Å². The molecule has 0 saturated carbocycles. The number of hydrogen-bond donors (Lipinski definition) is 0. The molecule has 71 heavy (non-hydrogen) atoms. The van der Waals surface area contributed by atoms with Crippen LogP contribution in [0, 0.1) is 0 Å². The summed E-state index contributed by atoms with van der Waals surface area (Å²) < 4.78 is 16.7. The Morgan fingerprint density at radius 1 is 0.296 bits per heavy atom. The Kier molecular flexibility index (Phi) is 54.0. The van der Waals surface area contributed by atoms with Gasteiger partial charge >= 0.3 is 17.9 Å². The molecule has 0 bridgehead atoms. The van der Waals surface area contributed by atoms with Crippen molar-refractivity contribution >= 4 is 17.9 Å². The molecule has 0 N–H and O–H groups in total. The molecule has 0 spiro atoms. The summed E-state index contributed by atoms with van der Waals surface area (Å²) in [6, 6.07) is 0. The standard InChI is InChI=1S/C65H102O6/c1-4-7-10-13-16-19-22-25-28-31-32-35-37-40-43-46-49-52-55-58-64(67)70-61-62(71-65(68)59-56-53-50-47-44-41-38-34-30-27-24-21-18-15-12-9-6-3)60-69-63(66)57-54-51-48-45-42-39-36-33-29-26-23-20-17-14-11-8-5-2/h7,10,16-21,25-30,32,35,38,40-41,43,47,49-50,52,62H,4-6,8-9,11-15,22-24,31,33-34,36-37,39,42,44-46,48,51,53-61H2,1-3H3/b10-7+,19-16+,20-17+,21-18+,28-25+,29-26+,30-27+,35-32+,41-38+,43-40+,50-47+,52-49+/t62-/m1/s1. The van der Waals surface area contributed by atoms with Crippen molar-refractivity contribution in [2.75, 3.05) is 13.2 Å². The fraction of sp³-hybridized carbons (Fsp3) is 0.585. The first kappa shape index (κ1) is 66.3. The van der Waals surface area contributed by atoms with Crippen molar-refractivity contribution < 1.29 is 28.6 Å². The fourth-order valence-corrected chi connectivity index (χ4v) is 7.08. The summed E-state index contributed by atoms with van der Waals surface area (Å²) in [5.41, 5.74) is 0. The molecule has 0 rings (SSSR count). The predicted octanol–water partition coefficient (Wildman–Crippen LogP) is 19.2. The Bertz CT molecular complexity index is 1590. The van der Waals surface area contributed by atoms with Gasteiger partial charge in [-0.1, -0.05) is 224 Å². The zero-order valence-electron chi connectivity index (χ0n) is 45.4. The van der Waals surface area contributed by atoms with Crippen LogP contribution in [0.4, 0.5) is 0 Å². The van der Waals surface area contributed by atoms with Crippen molar-refractivity contribution in [3.63, 3.8) is 0 Å². The van der Waals surface area contributed by atoms with Gasteiger partial charge in [-0.2, -0.15) is 0 Å². The maximum atomic E-state index is 12.8. The van der Waals surface area contributed by atoms with Crippen LogP contribution in [-0.2, 0) is 28.6 Å². The number of unbranched alkanes of at least 4 members (excludes halogenated alkanes) is 14. The van der Waals surface area contributed by atoms with E-state index in [4.69, 9.17) is 14.2 Å². The van der Waals surface area contributed by atoms with Crippen LogP contribution in [0.2, 0.25) is 0 Å². The monoisotopic (exact) mass is 979 g/mol. The summed E-state index contributed by atoms with van der Waals surface area (Å²) in [4.78, 5) is 38.1. The molecule has 6 nitrogen and oxygen atoms in total. The van der Waals surface area contributed by atoms with Gasteiger partial charge in [0.2, 0.25) is 0 Å². The van der Waals surface area contributed by atoms with E-state index >= 15 is 0 Å². The Labute approximate surface area is 436 Å². The first-order valence-corrected chi connectivity index (χ1v) is 28.3. The Morgan fingerprint density at radius 2 is 0.592 bits per heavy atom. The SMILES string of the molecule is CC/C=C/C/C=C/C/C=C/C/C=C/C/C=C/C/C=C/CCC(=O)OC[C@@H](COC(=O)CCCCCCCCC/C=C/C/C=C/CCCCC)OC(=O)CCC/C=C/C/C=C/C/C=C/C/C=C/CCCCC. The zero-order valence-corrected chi connectivity index (χ0v) is 45.4. The third-order valence-electron chi connectivity index (χ3n) is 11.3. The van der Waals surface area contributed by atoms with Crippen molar-refractivity contribution in [3.8, 4) is 0 Å². The molecule has 0 fully saturated rings. The van der Waals surface area contributed by atoms with Gasteiger partial charge in [0.25, 0.3) is 0 Å². The smallest absolute Gasteiger partial charge is 0.306 e. The average Bonchev–Trinajstić information content (AvgIpc) is 3.37. The molecule has 0 heterocycles. The summed E-state index contributed by atoms with van der Waals surface area (Å²) in [6.45, 7) is 6.34. The van der Waals surface area contributed by atoms with Gasteiger partial charge < -0.3 is 14.2 Å². The first-order chi connectivity index (χ1) is 35.0. The molecule has 0 aliphatic rings. The second-order valence-electron chi connectivity index (χ2n) is 18.1. The third kappa shape index (κ3) is 56.1. The van der Waals surface area contributed by atoms with E-state index in [1.54, 1.807) is 0 Å². The summed E-state index contributed by atoms with van der Waals surface area (Å²) >= 11 is 0. The summed E-state index contributed by atoms with van der Waals surface area (Å²) in [6.07, 6.45) is 82.8. The van der Waals surface area contributed by atoms with E-state index in [2.05, 4.69) is 154 Å². The maximum absolute atomic E-state index is 12.8. The van der Waals surface area contributed by atoms with Crippen LogP contribution in [0.15, 0.2) is 146 Å². The van der Waals surface area contributed by atoms with E-state index in [9.17, 15) is 14.4 Å². The number of carbonyl (C=O) groups excluding carboxylic acids is 3. The second-order valence-corrected chi connectivity index (χ2v) is 18.1. The van der Waals surface area contributed by atoms with Crippen LogP contribution < -0.4 is 0 Å². The molecule has 0 saturated heterocycles. The normalized spacial score (nSPS) is 13.2. The van der Waals surface area contributed by atoms with Crippen LogP contribution in [0.1, 0.15) is 226 Å². The van der Waals surface area contributed by atoms with Gasteiger partial charge in [0.1, 0.15) is 13.2 Å². The molecule has 6 heteroatoms. The molecule has 0 aromatic carbocycles. The van der Waals surface area contributed by atoms with Gasteiger partial charge in [0.05, 0.1) is 0 Å². The second kappa shape index (κ2) is 57.9. The summed E-state index contributed by atoms with van der Waals surface area (Å²) in [7, 11) is 0. The van der Waals surface area contributed by atoms with Crippen LogP contribution >= 0.6 is 0 Å². The van der Waals surface area contributed by atoms with Gasteiger partial charge in [0.15, 0.2) is 6.10 Å². The Balaban J connectivity index is 4.63. The Morgan fingerprint density at radius 3 is 0.986 bits per heavy atom.